The molecule has 2 heterocycles. The van der Waals surface area contributed by atoms with Crippen molar-refractivity contribution in [2.24, 2.45) is 0 Å². The van der Waals surface area contributed by atoms with Crippen molar-refractivity contribution in [2.45, 2.75) is 13.5 Å². The number of nitrogens with zero attached hydrogens (tertiary/aromatic N) is 3. The Morgan fingerprint density at radius 3 is 2.45 bits per heavy atom. The fourth-order valence-corrected chi connectivity index (χ4v) is 3.91. The molecule has 2 aromatic carbocycles. The van der Waals surface area contributed by atoms with Crippen molar-refractivity contribution in [1.29, 1.82) is 0 Å². The molecular weight excluding hydrogens is 556 g/mol. The van der Waals surface area contributed by atoms with Gasteiger partial charge in [-0.3, -0.25) is 14.6 Å². The average molecular weight is 578 g/mol. The molecule has 40 heavy (non-hydrogen) atoms. The Balaban J connectivity index is 1.88. The number of methoxy groups -OCH3 is 2. The third kappa shape index (κ3) is 5.38. The Morgan fingerprint density at radius 2 is 1.80 bits per heavy atom. The standard InChI is InChI=1S/C25H22ClF2N5O7/c1-11(34)22-31-23-21(24(32-22)38-4)30-25(36)33(23)15-8-18(17(7-13(15)26)40-10-19(35)29-2)39-9-12-16(37-3)6-5-14(27)20(12)28/h5-8H,9-10H2,1-4H3,(H,29,35)(H,30,36). The van der Waals surface area contributed by atoms with Gasteiger partial charge in [-0.1, -0.05) is 11.6 Å². The summed E-state index contributed by atoms with van der Waals surface area (Å²) >= 11 is 6.52. The zero-order chi connectivity index (χ0) is 29.1. The highest BCUT2D eigenvalue weighted by Gasteiger charge is 2.23. The largest absolute Gasteiger partial charge is 0.496 e. The van der Waals surface area contributed by atoms with Crippen molar-refractivity contribution in [3.05, 3.63) is 62.8 Å². The molecule has 0 atom stereocenters. The maximum atomic E-state index is 14.6. The number of Topliss-reactive ketones (excluding diaryl/α,β-unsaturated/α-hetero) is 1. The van der Waals surface area contributed by atoms with E-state index in [9.17, 15) is 23.2 Å². The molecule has 0 radical (unpaired) electrons. The molecule has 12 nitrogen and oxygen atoms in total. The van der Waals surface area contributed by atoms with Gasteiger partial charge in [0.15, 0.2) is 41.2 Å². The van der Waals surface area contributed by atoms with Gasteiger partial charge in [0.1, 0.15) is 17.9 Å². The van der Waals surface area contributed by atoms with Gasteiger partial charge in [-0.2, -0.15) is 4.98 Å². The predicted molar refractivity (Wildman–Crippen MR) is 138 cm³/mol. The maximum Gasteiger partial charge on any atom is 0.332 e. The van der Waals surface area contributed by atoms with Crippen LogP contribution in [-0.4, -0.2) is 59.1 Å². The smallest absolute Gasteiger partial charge is 0.332 e. The number of H-pyrrole nitrogens is 1. The van der Waals surface area contributed by atoms with Crippen LogP contribution in [0.1, 0.15) is 23.1 Å². The Hall–Kier alpha value is -4.72. The number of hydrogen-bond donors (Lipinski definition) is 2. The molecule has 0 unspecified atom stereocenters. The highest BCUT2D eigenvalue weighted by Crippen LogP contribution is 2.37. The first-order valence-corrected chi connectivity index (χ1v) is 11.9. The SMILES string of the molecule is CNC(=O)COc1cc(Cl)c(-n2c(=O)[nH]c3c(OC)nc(C(C)=O)nc32)cc1OCc1c(OC)ccc(F)c1F. The number of rotatable bonds is 10. The van der Waals surface area contributed by atoms with E-state index >= 15 is 0 Å². The van der Waals surface area contributed by atoms with Crippen molar-refractivity contribution >= 4 is 34.5 Å². The Labute approximate surface area is 229 Å². The van der Waals surface area contributed by atoms with Crippen LogP contribution < -0.4 is 30.0 Å². The minimum Gasteiger partial charge on any atom is -0.496 e. The number of ether oxygens (including phenoxy) is 4. The lowest BCUT2D eigenvalue weighted by Gasteiger charge is -2.17. The maximum absolute atomic E-state index is 14.6. The number of amides is 1. The Bertz CT molecular complexity index is 1690. The van der Waals surface area contributed by atoms with E-state index < -0.39 is 42.2 Å². The van der Waals surface area contributed by atoms with Gasteiger partial charge >= 0.3 is 5.69 Å². The first-order chi connectivity index (χ1) is 19.1. The second-order valence-corrected chi connectivity index (χ2v) is 8.53. The van der Waals surface area contributed by atoms with Crippen LogP contribution in [0.15, 0.2) is 29.1 Å². The summed E-state index contributed by atoms with van der Waals surface area (Å²) in [6, 6.07) is 4.69. The van der Waals surface area contributed by atoms with E-state index in [0.717, 1.165) is 10.6 Å². The summed E-state index contributed by atoms with van der Waals surface area (Å²) in [5.41, 5.74) is -0.881. The van der Waals surface area contributed by atoms with Crippen LogP contribution in [0.25, 0.3) is 16.9 Å². The second kappa shape index (κ2) is 11.6. The minimum absolute atomic E-state index is 0.0159. The summed E-state index contributed by atoms with van der Waals surface area (Å²) in [5, 5.41) is 2.35. The van der Waals surface area contributed by atoms with E-state index in [0.29, 0.717) is 0 Å². The van der Waals surface area contributed by atoms with Gasteiger partial charge in [-0.15, -0.1) is 0 Å². The van der Waals surface area contributed by atoms with Crippen molar-refractivity contribution in [1.82, 2.24) is 24.8 Å². The van der Waals surface area contributed by atoms with Gasteiger partial charge in [0.2, 0.25) is 11.7 Å². The van der Waals surface area contributed by atoms with Crippen LogP contribution in [0, 0.1) is 11.6 Å². The molecule has 0 aliphatic rings. The lowest BCUT2D eigenvalue weighted by Crippen LogP contribution is -2.25. The number of ketones is 1. The summed E-state index contributed by atoms with van der Waals surface area (Å²) in [7, 11) is 4.00. The number of carbonyl (C=O) groups is 2. The Morgan fingerprint density at radius 1 is 1.07 bits per heavy atom. The lowest BCUT2D eigenvalue weighted by atomic mass is 10.2. The van der Waals surface area contributed by atoms with Gasteiger partial charge in [0, 0.05) is 26.1 Å². The van der Waals surface area contributed by atoms with Crippen LogP contribution in [0.2, 0.25) is 5.02 Å². The van der Waals surface area contributed by atoms with Crippen LogP contribution in [-0.2, 0) is 11.4 Å². The van der Waals surface area contributed by atoms with E-state index in [1.165, 1.54) is 46.4 Å². The molecule has 4 aromatic rings. The molecule has 0 aliphatic heterocycles. The summed E-state index contributed by atoms with van der Waals surface area (Å²) in [6.45, 7) is 0.282. The number of halogens is 3. The fourth-order valence-electron chi connectivity index (χ4n) is 3.68. The van der Waals surface area contributed by atoms with Crippen molar-refractivity contribution in [3.63, 3.8) is 0 Å². The third-order valence-electron chi connectivity index (χ3n) is 5.65. The van der Waals surface area contributed by atoms with Crippen LogP contribution in [0.4, 0.5) is 8.78 Å². The van der Waals surface area contributed by atoms with Gasteiger partial charge in [-0.05, 0) is 12.1 Å². The zero-order valence-electron chi connectivity index (χ0n) is 21.6. The van der Waals surface area contributed by atoms with Gasteiger partial charge in [0.25, 0.3) is 5.91 Å². The predicted octanol–water partition coefficient (Wildman–Crippen LogP) is 2.96. The van der Waals surface area contributed by atoms with Crippen molar-refractivity contribution in [3.8, 4) is 28.8 Å². The minimum atomic E-state index is -1.19. The summed E-state index contributed by atoms with van der Waals surface area (Å²) in [5.74, 6) is -3.66. The Kier molecular flexibility index (Phi) is 8.18. The van der Waals surface area contributed by atoms with E-state index in [1.807, 2.05) is 0 Å². The molecule has 0 fully saturated rings. The first-order valence-electron chi connectivity index (χ1n) is 11.5. The molecule has 210 valence electrons. The highest BCUT2D eigenvalue weighted by molar-refractivity contribution is 6.32. The fraction of sp³-hybridized carbons (Fsp3) is 0.240. The number of likely N-dealkylation sites (N-methyl/N-ethyl adjacent to an activating group) is 1. The molecule has 0 bridgehead atoms. The average Bonchev–Trinajstić information content (AvgIpc) is 3.27. The molecule has 1 amide bonds. The first kappa shape index (κ1) is 28.3. The molecule has 0 saturated carbocycles. The van der Waals surface area contributed by atoms with Crippen LogP contribution >= 0.6 is 11.6 Å². The molecule has 15 heteroatoms. The van der Waals surface area contributed by atoms with Gasteiger partial charge in [-0.25, -0.2) is 23.1 Å². The van der Waals surface area contributed by atoms with Crippen LogP contribution in [0.3, 0.4) is 0 Å². The quantitative estimate of drug-likeness (QED) is 0.271. The number of hydrogen-bond acceptors (Lipinski definition) is 9. The number of fused-ring (bicyclic) bond motifs is 1. The number of imidazole rings is 1. The number of carbonyl (C=O) groups excluding carboxylic acids is 2. The normalized spacial score (nSPS) is 10.9. The number of aromatic nitrogens is 4. The molecule has 4 rings (SSSR count). The highest BCUT2D eigenvalue weighted by atomic mass is 35.5. The molecule has 0 aliphatic carbocycles. The summed E-state index contributed by atoms with van der Waals surface area (Å²) in [4.78, 5) is 47.6. The number of benzene rings is 2. The third-order valence-corrected chi connectivity index (χ3v) is 5.95. The monoisotopic (exact) mass is 577 g/mol. The van der Waals surface area contributed by atoms with Gasteiger partial charge in [0.05, 0.1) is 30.5 Å². The topological polar surface area (TPSA) is 147 Å². The molecule has 2 aromatic heterocycles. The molecule has 0 saturated heterocycles. The van der Waals surface area contributed by atoms with Crippen molar-refractivity contribution < 1.29 is 37.3 Å². The van der Waals surface area contributed by atoms with Crippen molar-refractivity contribution in [2.75, 3.05) is 27.9 Å². The summed E-state index contributed by atoms with van der Waals surface area (Å²) in [6.07, 6.45) is 0. The molecular formula is C25H22ClF2N5O7. The van der Waals surface area contributed by atoms with Gasteiger partial charge < -0.3 is 24.3 Å². The number of nitrogens with one attached hydrogen (secondary N) is 2. The number of aromatic amines is 1. The van der Waals surface area contributed by atoms with Crippen LogP contribution in [0.5, 0.6) is 23.1 Å². The van der Waals surface area contributed by atoms with E-state index in [-0.39, 0.29) is 56.4 Å². The van der Waals surface area contributed by atoms with E-state index in [1.54, 1.807) is 0 Å². The lowest BCUT2D eigenvalue weighted by molar-refractivity contribution is -0.122. The van der Waals surface area contributed by atoms with E-state index in [2.05, 4.69) is 20.3 Å². The second-order valence-electron chi connectivity index (χ2n) is 8.12. The zero-order valence-corrected chi connectivity index (χ0v) is 22.3. The van der Waals surface area contributed by atoms with E-state index in [4.69, 9.17) is 30.5 Å². The summed E-state index contributed by atoms with van der Waals surface area (Å²) < 4.78 is 51.2. The molecule has 2 N–H and O–H groups in total. The molecule has 0 spiro atoms.